The maximum atomic E-state index is 4.21. The monoisotopic (exact) mass is 244 g/mol. The standard InChI is InChI=1S/C16H24N2/c1-7-17(6)14(5)15-12-13(4)10-11-16(15)18(8-2)9-3/h8,10-12H,2,5,7,9H2,1,3-4,6H3. The second kappa shape index (κ2) is 6.29. The Morgan fingerprint density at radius 3 is 2.44 bits per heavy atom. The molecule has 0 aliphatic heterocycles. The van der Waals surface area contributed by atoms with E-state index in [-0.39, 0.29) is 0 Å². The Hall–Kier alpha value is -1.70. The third kappa shape index (κ3) is 2.95. The van der Waals surface area contributed by atoms with E-state index in [1.807, 2.05) is 6.20 Å². The van der Waals surface area contributed by atoms with Crippen molar-refractivity contribution in [2.24, 2.45) is 0 Å². The first-order chi connectivity index (χ1) is 8.54. The first-order valence-electron chi connectivity index (χ1n) is 6.45. The molecule has 0 heterocycles. The SMILES string of the molecule is C=CN(CC)c1ccc(C)cc1C(=C)N(C)CC. The fourth-order valence-electron chi connectivity index (χ4n) is 1.93. The number of aryl methyl sites for hydroxylation is 1. The molecule has 0 aliphatic carbocycles. The lowest BCUT2D eigenvalue weighted by atomic mass is 10.1. The van der Waals surface area contributed by atoms with Gasteiger partial charge >= 0.3 is 0 Å². The fraction of sp³-hybridized carbons (Fsp3) is 0.375. The van der Waals surface area contributed by atoms with E-state index in [1.165, 1.54) is 16.8 Å². The summed E-state index contributed by atoms with van der Waals surface area (Å²) in [6.45, 7) is 16.3. The molecule has 18 heavy (non-hydrogen) atoms. The molecule has 0 bridgehead atoms. The molecule has 0 N–H and O–H groups in total. The molecule has 0 amide bonds. The average molecular weight is 244 g/mol. The Morgan fingerprint density at radius 2 is 1.94 bits per heavy atom. The summed E-state index contributed by atoms with van der Waals surface area (Å²) in [6.07, 6.45) is 1.87. The van der Waals surface area contributed by atoms with Crippen molar-refractivity contribution >= 4 is 11.4 Å². The average Bonchev–Trinajstić information content (AvgIpc) is 2.39. The lowest BCUT2D eigenvalue weighted by molar-refractivity contribution is 0.510. The van der Waals surface area contributed by atoms with E-state index in [0.717, 1.165) is 18.8 Å². The minimum Gasteiger partial charge on any atom is -0.375 e. The first kappa shape index (κ1) is 14.4. The molecule has 0 atom stereocenters. The van der Waals surface area contributed by atoms with Gasteiger partial charge in [-0.3, -0.25) is 0 Å². The predicted molar refractivity (Wildman–Crippen MR) is 81.7 cm³/mol. The van der Waals surface area contributed by atoms with Crippen molar-refractivity contribution in [2.75, 3.05) is 25.0 Å². The molecule has 1 aromatic rings. The van der Waals surface area contributed by atoms with Crippen LogP contribution in [0.25, 0.3) is 5.70 Å². The minimum atomic E-state index is 0.905. The van der Waals surface area contributed by atoms with Gasteiger partial charge in [-0.25, -0.2) is 0 Å². The van der Waals surface area contributed by atoms with Crippen molar-refractivity contribution in [1.29, 1.82) is 0 Å². The van der Waals surface area contributed by atoms with Gasteiger partial charge in [-0.1, -0.05) is 24.8 Å². The number of nitrogens with zero attached hydrogens (tertiary/aromatic N) is 2. The molecule has 0 fully saturated rings. The summed E-state index contributed by atoms with van der Waals surface area (Å²) < 4.78 is 0. The predicted octanol–water partition coefficient (Wildman–Crippen LogP) is 3.89. The third-order valence-corrected chi connectivity index (χ3v) is 3.27. The molecule has 98 valence electrons. The van der Waals surface area contributed by atoms with Gasteiger partial charge in [0.15, 0.2) is 0 Å². The fourth-order valence-corrected chi connectivity index (χ4v) is 1.93. The summed E-state index contributed by atoms with van der Waals surface area (Å²) in [4.78, 5) is 4.30. The number of hydrogen-bond donors (Lipinski definition) is 0. The van der Waals surface area contributed by atoms with E-state index in [0.29, 0.717) is 0 Å². The van der Waals surface area contributed by atoms with Crippen LogP contribution in [-0.2, 0) is 0 Å². The zero-order valence-corrected chi connectivity index (χ0v) is 12.0. The normalized spacial score (nSPS) is 10.0. The second-order valence-corrected chi connectivity index (χ2v) is 4.45. The summed E-state index contributed by atoms with van der Waals surface area (Å²) >= 11 is 0. The molecule has 0 aliphatic rings. The molecule has 0 spiro atoms. The molecule has 0 saturated heterocycles. The molecule has 0 unspecified atom stereocenters. The van der Waals surface area contributed by atoms with Crippen molar-refractivity contribution in [3.05, 3.63) is 48.7 Å². The van der Waals surface area contributed by atoms with E-state index < -0.39 is 0 Å². The van der Waals surface area contributed by atoms with Crippen LogP contribution in [0.15, 0.2) is 37.6 Å². The van der Waals surface area contributed by atoms with E-state index in [2.05, 4.69) is 69.0 Å². The van der Waals surface area contributed by atoms with Gasteiger partial charge in [-0.05, 0) is 39.1 Å². The topological polar surface area (TPSA) is 6.48 Å². The highest BCUT2D eigenvalue weighted by Crippen LogP contribution is 2.29. The van der Waals surface area contributed by atoms with Crippen LogP contribution in [0.2, 0.25) is 0 Å². The summed E-state index contributed by atoms with van der Waals surface area (Å²) in [7, 11) is 2.07. The van der Waals surface area contributed by atoms with E-state index >= 15 is 0 Å². The van der Waals surface area contributed by atoms with Crippen LogP contribution in [0.4, 0.5) is 5.69 Å². The van der Waals surface area contributed by atoms with E-state index in [9.17, 15) is 0 Å². The Bertz CT molecular complexity index is 435. The lowest BCUT2D eigenvalue weighted by Crippen LogP contribution is -2.20. The number of hydrogen-bond acceptors (Lipinski definition) is 2. The van der Waals surface area contributed by atoms with Gasteiger partial charge in [0.1, 0.15) is 0 Å². The molecule has 2 heteroatoms. The van der Waals surface area contributed by atoms with Crippen molar-refractivity contribution in [3.63, 3.8) is 0 Å². The van der Waals surface area contributed by atoms with E-state index in [4.69, 9.17) is 0 Å². The van der Waals surface area contributed by atoms with Crippen LogP contribution in [-0.4, -0.2) is 25.0 Å². The van der Waals surface area contributed by atoms with Gasteiger partial charge in [0.25, 0.3) is 0 Å². The summed E-state index contributed by atoms with van der Waals surface area (Å²) in [5, 5.41) is 0. The second-order valence-electron chi connectivity index (χ2n) is 4.45. The summed E-state index contributed by atoms with van der Waals surface area (Å²) in [5.74, 6) is 0. The maximum Gasteiger partial charge on any atom is 0.0500 e. The summed E-state index contributed by atoms with van der Waals surface area (Å²) in [5.41, 5.74) is 4.65. The van der Waals surface area contributed by atoms with Gasteiger partial charge in [-0.15, -0.1) is 0 Å². The Balaban J connectivity index is 3.27. The lowest BCUT2D eigenvalue weighted by Gasteiger charge is -2.27. The highest BCUT2D eigenvalue weighted by Gasteiger charge is 2.12. The smallest absolute Gasteiger partial charge is 0.0500 e. The van der Waals surface area contributed by atoms with Crippen molar-refractivity contribution in [1.82, 2.24) is 4.90 Å². The zero-order chi connectivity index (χ0) is 13.7. The van der Waals surface area contributed by atoms with Crippen LogP contribution < -0.4 is 4.90 Å². The van der Waals surface area contributed by atoms with Crippen LogP contribution in [0.1, 0.15) is 25.0 Å². The maximum absolute atomic E-state index is 4.21. The van der Waals surface area contributed by atoms with Crippen molar-refractivity contribution in [3.8, 4) is 0 Å². The quantitative estimate of drug-likeness (QED) is 0.749. The molecule has 0 aromatic heterocycles. The zero-order valence-electron chi connectivity index (χ0n) is 12.0. The van der Waals surface area contributed by atoms with Crippen molar-refractivity contribution in [2.45, 2.75) is 20.8 Å². The summed E-state index contributed by atoms with van der Waals surface area (Å²) in [6, 6.07) is 6.46. The number of benzene rings is 1. The van der Waals surface area contributed by atoms with Crippen LogP contribution in [0.3, 0.4) is 0 Å². The molecule has 0 saturated carbocycles. The van der Waals surface area contributed by atoms with Gasteiger partial charge in [0.2, 0.25) is 0 Å². The number of anilines is 1. The number of rotatable bonds is 6. The Labute approximate surface area is 111 Å². The van der Waals surface area contributed by atoms with Crippen LogP contribution >= 0.6 is 0 Å². The van der Waals surface area contributed by atoms with Gasteiger partial charge in [0, 0.05) is 37.1 Å². The van der Waals surface area contributed by atoms with Crippen molar-refractivity contribution < 1.29 is 0 Å². The molecular weight excluding hydrogens is 220 g/mol. The van der Waals surface area contributed by atoms with E-state index in [1.54, 1.807) is 0 Å². The van der Waals surface area contributed by atoms with Crippen LogP contribution in [0.5, 0.6) is 0 Å². The molecule has 0 radical (unpaired) electrons. The molecule has 1 aromatic carbocycles. The largest absolute Gasteiger partial charge is 0.375 e. The van der Waals surface area contributed by atoms with Crippen LogP contribution in [0, 0.1) is 6.92 Å². The van der Waals surface area contributed by atoms with Gasteiger partial charge in [-0.2, -0.15) is 0 Å². The molecule has 2 nitrogen and oxygen atoms in total. The first-order valence-corrected chi connectivity index (χ1v) is 6.45. The third-order valence-electron chi connectivity index (χ3n) is 3.27. The Morgan fingerprint density at radius 1 is 1.28 bits per heavy atom. The molecular formula is C16H24N2. The van der Waals surface area contributed by atoms with Gasteiger partial charge in [0.05, 0.1) is 0 Å². The highest BCUT2D eigenvalue weighted by atomic mass is 15.1. The highest BCUT2D eigenvalue weighted by molar-refractivity contribution is 5.76. The minimum absolute atomic E-state index is 0.905. The van der Waals surface area contributed by atoms with Gasteiger partial charge < -0.3 is 9.80 Å². The Kier molecular flexibility index (Phi) is 5.02. The molecule has 1 rings (SSSR count).